The molecule has 0 aliphatic carbocycles. The Hall–Kier alpha value is -3.22. The van der Waals surface area contributed by atoms with Crippen LogP contribution in [0.15, 0.2) is 54.6 Å². The van der Waals surface area contributed by atoms with E-state index in [1.165, 1.54) is 0 Å². The molecule has 0 bridgehead atoms. The minimum Gasteiger partial charge on any atom is -0.497 e. The smallest absolute Gasteiger partial charge is 0.260 e. The number of hydrogen-bond donors (Lipinski definition) is 0. The lowest BCUT2D eigenvalue weighted by atomic mass is 10.2. The molecule has 7 heteroatoms. The van der Waals surface area contributed by atoms with Gasteiger partial charge in [0.25, 0.3) is 5.91 Å². The number of methoxy groups -OCH3 is 1. The minimum atomic E-state index is -0.0830. The summed E-state index contributed by atoms with van der Waals surface area (Å²) >= 11 is 0. The number of ether oxygens (including phenoxy) is 3. The molecule has 0 N–H and O–H groups in total. The highest BCUT2D eigenvalue weighted by atomic mass is 16.5. The standard InChI is InChI=1S/C22H26N2O5/c1-27-18-7-9-20(10-8-18)29-17-22(26)24-14-12-23(13-15-24)21(25)11-16-28-19-5-3-2-4-6-19/h2-10H,11-17H2,1H3. The fourth-order valence-corrected chi connectivity index (χ4v) is 3.04. The summed E-state index contributed by atoms with van der Waals surface area (Å²) in [6, 6.07) is 16.5. The van der Waals surface area contributed by atoms with Gasteiger partial charge in [-0.25, -0.2) is 0 Å². The first-order valence-corrected chi connectivity index (χ1v) is 9.66. The molecule has 2 amide bonds. The van der Waals surface area contributed by atoms with E-state index in [1.807, 2.05) is 30.3 Å². The van der Waals surface area contributed by atoms with Crippen LogP contribution in [-0.4, -0.2) is 68.1 Å². The van der Waals surface area contributed by atoms with Crippen LogP contribution in [0.4, 0.5) is 0 Å². The van der Waals surface area contributed by atoms with Crippen LogP contribution in [0.3, 0.4) is 0 Å². The Morgan fingerprint density at radius 2 is 1.31 bits per heavy atom. The fourth-order valence-electron chi connectivity index (χ4n) is 3.04. The Morgan fingerprint density at radius 1 is 0.759 bits per heavy atom. The molecule has 0 unspecified atom stereocenters. The summed E-state index contributed by atoms with van der Waals surface area (Å²) in [5.41, 5.74) is 0. The quantitative estimate of drug-likeness (QED) is 0.682. The van der Waals surface area contributed by atoms with Crippen LogP contribution >= 0.6 is 0 Å². The molecule has 3 rings (SSSR count). The molecule has 0 radical (unpaired) electrons. The van der Waals surface area contributed by atoms with Crippen molar-refractivity contribution in [3.05, 3.63) is 54.6 Å². The minimum absolute atomic E-state index is 0.0226. The number of hydrogen-bond acceptors (Lipinski definition) is 5. The van der Waals surface area contributed by atoms with Crippen molar-refractivity contribution >= 4 is 11.8 Å². The molecule has 154 valence electrons. The zero-order valence-electron chi connectivity index (χ0n) is 16.6. The van der Waals surface area contributed by atoms with Crippen molar-refractivity contribution in [2.45, 2.75) is 6.42 Å². The van der Waals surface area contributed by atoms with Gasteiger partial charge in [0.15, 0.2) is 6.61 Å². The Balaban J connectivity index is 1.35. The van der Waals surface area contributed by atoms with Crippen molar-refractivity contribution in [1.82, 2.24) is 9.80 Å². The molecular weight excluding hydrogens is 372 g/mol. The largest absolute Gasteiger partial charge is 0.497 e. The van der Waals surface area contributed by atoms with Gasteiger partial charge >= 0.3 is 0 Å². The van der Waals surface area contributed by atoms with Crippen molar-refractivity contribution in [2.75, 3.05) is 46.5 Å². The summed E-state index contributed by atoms with van der Waals surface area (Å²) in [5, 5.41) is 0. The predicted molar refractivity (Wildman–Crippen MR) is 108 cm³/mol. The molecule has 0 saturated carbocycles. The summed E-state index contributed by atoms with van der Waals surface area (Å²) in [7, 11) is 1.60. The molecule has 1 heterocycles. The lowest BCUT2D eigenvalue weighted by Crippen LogP contribution is -2.51. The molecule has 1 aliphatic heterocycles. The van der Waals surface area contributed by atoms with Crippen LogP contribution in [0.2, 0.25) is 0 Å². The van der Waals surface area contributed by atoms with Gasteiger partial charge in [0.1, 0.15) is 17.2 Å². The lowest BCUT2D eigenvalue weighted by molar-refractivity contribution is -0.141. The van der Waals surface area contributed by atoms with E-state index in [2.05, 4.69) is 0 Å². The van der Waals surface area contributed by atoms with Gasteiger partial charge in [0.2, 0.25) is 5.91 Å². The van der Waals surface area contributed by atoms with E-state index in [0.717, 1.165) is 11.5 Å². The van der Waals surface area contributed by atoms with Gasteiger partial charge in [0.05, 0.1) is 20.1 Å². The lowest BCUT2D eigenvalue weighted by Gasteiger charge is -2.34. The van der Waals surface area contributed by atoms with E-state index in [9.17, 15) is 9.59 Å². The van der Waals surface area contributed by atoms with E-state index in [-0.39, 0.29) is 18.4 Å². The van der Waals surface area contributed by atoms with E-state index in [1.54, 1.807) is 41.2 Å². The number of rotatable bonds is 8. The van der Waals surface area contributed by atoms with Crippen molar-refractivity contribution in [1.29, 1.82) is 0 Å². The molecule has 2 aromatic rings. The second-order valence-electron chi connectivity index (χ2n) is 6.64. The second-order valence-corrected chi connectivity index (χ2v) is 6.64. The number of amides is 2. The third-order valence-corrected chi connectivity index (χ3v) is 4.73. The maximum atomic E-state index is 12.4. The molecule has 2 aromatic carbocycles. The first kappa shape index (κ1) is 20.5. The molecule has 1 fully saturated rings. The molecule has 0 atom stereocenters. The first-order valence-electron chi connectivity index (χ1n) is 9.66. The van der Waals surface area contributed by atoms with Gasteiger partial charge in [0, 0.05) is 26.2 Å². The van der Waals surface area contributed by atoms with Crippen LogP contribution in [-0.2, 0) is 9.59 Å². The average molecular weight is 398 g/mol. The van der Waals surface area contributed by atoms with Crippen LogP contribution in [0.25, 0.3) is 0 Å². The topological polar surface area (TPSA) is 68.3 Å². The molecule has 29 heavy (non-hydrogen) atoms. The Labute approximate surface area is 170 Å². The molecule has 0 aromatic heterocycles. The van der Waals surface area contributed by atoms with Gasteiger partial charge < -0.3 is 24.0 Å². The van der Waals surface area contributed by atoms with Crippen LogP contribution in [0.5, 0.6) is 17.2 Å². The predicted octanol–water partition coefficient (Wildman–Crippen LogP) is 2.21. The molecular formula is C22H26N2O5. The Kier molecular flexibility index (Phi) is 7.33. The average Bonchev–Trinajstić information content (AvgIpc) is 2.78. The number of nitrogens with zero attached hydrogens (tertiary/aromatic N) is 2. The van der Waals surface area contributed by atoms with Crippen LogP contribution < -0.4 is 14.2 Å². The van der Waals surface area contributed by atoms with Crippen LogP contribution in [0.1, 0.15) is 6.42 Å². The van der Waals surface area contributed by atoms with E-state index < -0.39 is 0 Å². The first-order chi connectivity index (χ1) is 14.2. The maximum Gasteiger partial charge on any atom is 0.260 e. The maximum absolute atomic E-state index is 12.4. The highest BCUT2D eigenvalue weighted by Crippen LogP contribution is 2.17. The normalized spacial score (nSPS) is 13.7. The number of para-hydroxylation sites is 1. The van der Waals surface area contributed by atoms with Crippen molar-refractivity contribution < 1.29 is 23.8 Å². The van der Waals surface area contributed by atoms with Crippen LogP contribution in [0, 0.1) is 0 Å². The molecule has 7 nitrogen and oxygen atoms in total. The second kappa shape index (κ2) is 10.4. The van der Waals surface area contributed by atoms with Crippen molar-refractivity contribution in [2.24, 2.45) is 0 Å². The summed E-state index contributed by atoms with van der Waals surface area (Å²) in [6.07, 6.45) is 0.323. The number of benzene rings is 2. The molecule has 0 spiro atoms. The van der Waals surface area contributed by atoms with Gasteiger partial charge in [-0.05, 0) is 36.4 Å². The zero-order valence-corrected chi connectivity index (χ0v) is 16.6. The third kappa shape index (κ3) is 6.14. The Bertz CT molecular complexity index is 787. The monoisotopic (exact) mass is 398 g/mol. The van der Waals surface area contributed by atoms with Gasteiger partial charge in [-0.2, -0.15) is 0 Å². The number of carbonyl (C=O) groups is 2. The number of carbonyl (C=O) groups excluding carboxylic acids is 2. The SMILES string of the molecule is COc1ccc(OCC(=O)N2CCN(C(=O)CCOc3ccccc3)CC2)cc1. The highest BCUT2D eigenvalue weighted by Gasteiger charge is 2.24. The third-order valence-electron chi connectivity index (χ3n) is 4.73. The molecule has 1 aliphatic rings. The summed E-state index contributed by atoms with van der Waals surface area (Å²) < 4.78 is 16.2. The molecule has 1 saturated heterocycles. The van der Waals surface area contributed by atoms with E-state index >= 15 is 0 Å². The summed E-state index contributed by atoms with van der Waals surface area (Å²) in [4.78, 5) is 28.2. The van der Waals surface area contributed by atoms with E-state index in [0.29, 0.717) is 45.0 Å². The summed E-state index contributed by atoms with van der Waals surface area (Å²) in [5.74, 6) is 2.07. The van der Waals surface area contributed by atoms with Gasteiger partial charge in [-0.15, -0.1) is 0 Å². The van der Waals surface area contributed by atoms with Crippen molar-refractivity contribution in [3.63, 3.8) is 0 Å². The van der Waals surface area contributed by atoms with Gasteiger partial charge in [-0.3, -0.25) is 9.59 Å². The van der Waals surface area contributed by atoms with Gasteiger partial charge in [-0.1, -0.05) is 18.2 Å². The highest BCUT2D eigenvalue weighted by molar-refractivity contribution is 5.79. The fraction of sp³-hybridized carbons (Fsp3) is 0.364. The Morgan fingerprint density at radius 3 is 1.93 bits per heavy atom. The summed E-state index contributed by atoms with van der Waals surface area (Å²) in [6.45, 7) is 2.39. The van der Waals surface area contributed by atoms with E-state index in [4.69, 9.17) is 14.2 Å². The number of piperazine rings is 1. The zero-order chi connectivity index (χ0) is 20.5. The van der Waals surface area contributed by atoms with Crippen molar-refractivity contribution in [3.8, 4) is 17.2 Å².